The molecule has 3 aliphatic rings. The van der Waals surface area contributed by atoms with Gasteiger partial charge in [0, 0.05) is 19.9 Å². The first-order valence-electron chi connectivity index (χ1n) is 14.0. The van der Waals surface area contributed by atoms with E-state index in [0.717, 1.165) is 30.6 Å². The predicted molar refractivity (Wildman–Crippen MR) is 141 cm³/mol. The van der Waals surface area contributed by atoms with Gasteiger partial charge in [-0.05, 0) is 74.1 Å². The van der Waals surface area contributed by atoms with Gasteiger partial charge in [-0.2, -0.15) is 18.3 Å². The molecule has 0 bridgehead atoms. The number of carbonyl (C=O) groups excluding carboxylic acids is 2. The van der Waals surface area contributed by atoms with E-state index in [1.807, 2.05) is 12.2 Å². The Hall–Kier alpha value is -3.61. The monoisotopic (exact) mass is 574 g/mol. The summed E-state index contributed by atoms with van der Waals surface area (Å²) in [5.41, 5.74) is 2.02. The normalized spacial score (nSPS) is 21.0. The lowest BCUT2D eigenvalue weighted by Gasteiger charge is -2.27. The van der Waals surface area contributed by atoms with Crippen molar-refractivity contribution in [1.29, 1.82) is 0 Å². The number of nitrogens with one attached hydrogen (secondary N) is 2. The van der Waals surface area contributed by atoms with Crippen molar-refractivity contribution < 1.29 is 31.9 Å². The molecule has 1 aromatic carbocycles. The van der Waals surface area contributed by atoms with Crippen LogP contribution in [0.1, 0.15) is 66.6 Å². The lowest BCUT2D eigenvalue weighted by Crippen LogP contribution is -2.40. The van der Waals surface area contributed by atoms with E-state index < -0.39 is 36.9 Å². The van der Waals surface area contributed by atoms with Crippen LogP contribution >= 0.6 is 0 Å². The Labute approximate surface area is 234 Å². The number of alkyl halides is 3. The molecule has 3 heterocycles. The van der Waals surface area contributed by atoms with E-state index in [9.17, 15) is 22.8 Å². The van der Waals surface area contributed by atoms with E-state index in [1.165, 1.54) is 7.11 Å². The molecule has 0 radical (unpaired) electrons. The van der Waals surface area contributed by atoms with Crippen molar-refractivity contribution in [2.24, 2.45) is 17.8 Å². The molecule has 3 amide bonds. The fourth-order valence-electron chi connectivity index (χ4n) is 6.04. The number of halogens is 3. The average Bonchev–Trinajstić information content (AvgIpc) is 3.82. The summed E-state index contributed by atoms with van der Waals surface area (Å²) in [5, 5.41) is 9.43. The van der Waals surface area contributed by atoms with Crippen LogP contribution in [-0.4, -0.2) is 64.1 Å². The summed E-state index contributed by atoms with van der Waals surface area (Å²) in [5.74, 6) is 1.31. The highest BCUT2D eigenvalue weighted by atomic mass is 19.4. The minimum atomic E-state index is -4.55. The number of methoxy groups -OCH3 is 1. The standard InChI is InChI=1S/C28H33F3N6O4/c1-3-37-19(10-11-32-37)25(38)35-24(23(15-4-5-15)16-6-7-16)26-33-18-12-17(8-9-21(18)41-26)20(14-40-2)36-13-22(28(29,30)31)34-27(36)39/h8-12,15-16,20,22-24H,3-7,13-14H2,1-2H3,(H,34,39)(H,35,38). The molecule has 1 saturated heterocycles. The highest BCUT2D eigenvalue weighted by Gasteiger charge is 2.49. The zero-order chi connectivity index (χ0) is 28.9. The lowest BCUT2D eigenvalue weighted by atomic mass is 9.89. The number of urea groups is 1. The molecule has 10 nitrogen and oxygen atoms in total. The van der Waals surface area contributed by atoms with Gasteiger partial charge in [0.15, 0.2) is 5.58 Å². The van der Waals surface area contributed by atoms with Crippen LogP contribution in [0.4, 0.5) is 18.0 Å². The third-order valence-electron chi connectivity index (χ3n) is 8.37. The van der Waals surface area contributed by atoms with Gasteiger partial charge in [-0.1, -0.05) is 6.07 Å². The lowest BCUT2D eigenvalue weighted by molar-refractivity contribution is -0.150. The number of oxazole rings is 1. The highest BCUT2D eigenvalue weighted by Crippen LogP contribution is 2.54. The molecule has 3 fully saturated rings. The van der Waals surface area contributed by atoms with Crippen LogP contribution in [0.2, 0.25) is 0 Å². The first kappa shape index (κ1) is 27.6. The fourth-order valence-corrected chi connectivity index (χ4v) is 6.04. The molecule has 41 heavy (non-hydrogen) atoms. The van der Waals surface area contributed by atoms with Gasteiger partial charge in [-0.25, -0.2) is 9.78 Å². The third kappa shape index (κ3) is 5.51. The summed E-state index contributed by atoms with van der Waals surface area (Å²) < 4.78 is 53.1. The van der Waals surface area contributed by atoms with Crippen LogP contribution in [-0.2, 0) is 11.3 Å². The van der Waals surface area contributed by atoms with Gasteiger partial charge < -0.3 is 24.7 Å². The maximum atomic E-state index is 13.4. The third-order valence-corrected chi connectivity index (χ3v) is 8.37. The zero-order valence-electron chi connectivity index (χ0n) is 22.9. The van der Waals surface area contributed by atoms with Gasteiger partial charge >= 0.3 is 12.2 Å². The Kier molecular flexibility index (Phi) is 7.16. The van der Waals surface area contributed by atoms with E-state index in [2.05, 4.69) is 10.4 Å². The maximum absolute atomic E-state index is 13.4. The van der Waals surface area contributed by atoms with Crippen molar-refractivity contribution in [3.05, 3.63) is 47.6 Å². The Morgan fingerprint density at radius 3 is 2.56 bits per heavy atom. The number of hydrogen-bond donors (Lipinski definition) is 2. The Balaban J connectivity index is 1.31. The number of aryl methyl sites for hydroxylation is 1. The number of aromatic nitrogens is 3. The molecule has 220 valence electrons. The van der Waals surface area contributed by atoms with E-state index in [4.69, 9.17) is 14.1 Å². The summed E-state index contributed by atoms with van der Waals surface area (Å²) in [4.78, 5) is 31.8. The molecule has 2 saturated carbocycles. The molecule has 3 atom stereocenters. The number of hydrogen-bond acceptors (Lipinski definition) is 6. The van der Waals surface area contributed by atoms with E-state index in [1.54, 1.807) is 35.1 Å². The molecule has 6 rings (SSSR count). The van der Waals surface area contributed by atoms with Gasteiger partial charge in [0.25, 0.3) is 5.91 Å². The molecule has 0 spiro atoms. The molecule has 2 aromatic heterocycles. The van der Waals surface area contributed by atoms with Gasteiger partial charge in [0.05, 0.1) is 19.2 Å². The first-order valence-corrected chi connectivity index (χ1v) is 14.0. The van der Waals surface area contributed by atoms with Crippen molar-refractivity contribution in [1.82, 2.24) is 30.3 Å². The van der Waals surface area contributed by atoms with Gasteiger partial charge in [0.2, 0.25) is 5.89 Å². The summed E-state index contributed by atoms with van der Waals surface area (Å²) in [6, 6.07) is 2.86. The molecule has 3 unspecified atom stereocenters. The molecule has 3 aromatic rings. The summed E-state index contributed by atoms with van der Waals surface area (Å²) in [6.07, 6.45) is 1.43. The fraction of sp³-hybridized carbons (Fsp3) is 0.571. The highest BCUT2D eigenvalue weighted by molar-refractivity contribution is 5.92. The van der Waals surface area contributed by atoms with E-state index in [-0.39, 0.29) is 18.4 Å². The summed E-state index contributed by atoms with van der Waals surface area (Å²) >= 11 is 0. The van der Waals surface area contributed by atoms with Crippen LogP contribution in [0.15, 0.2) is 34.9 Å². The minimum Gasteiger partial charge on any atom is -0.438 e. The topological polar surface area (TPSA) is 115 Å². The van der Waals surface area contributed by atoms with E-state index in [0.29, 0.717) is 46.6 Å². The Bertz CT molecular complexity index is 1420. The summed E-state index contributed by atoms with van der Waals surface area (Å²) in [6.45, 7) is 1.96. The van der Waals surface area contributed by atoms with Crippen LogP contribution < -0.4 is 10.6 Å². The van der Waals surface area contributed by atoms with Crippen molar-refractivity contribution in [3.63, 3.8) is 0 Å². The van der Waals surface area contributed by atoms with Crippen molar-refractivity contribution >= 4 is 23.0 Å². The Morgan fingerprint density at radius 2 is 1.95 bits per heavy atom. The number of amides is 3. The second-order valence-corrected chi connectivity index (χ2v) is 11.2. The minimum absolute atomic E-state index is 0.00341. The average molecular weight is 575 g/mol. The quantitative estimate of drug-likeness (QED) is 0.346. The zero-order valence-corrected chi connectivity index (χ0v) is 22.9. The number of nitrogens with zero attached hydrogens (tertiary/aromatic N) is 4. The number of fused-ring (bicyclic) bond motifs is 1. The number of rotatable bonds is 11. The molecule has 13 heteroatoms. The van der Waals surface area contributed by atoms with Crippen LogP contribution in [0.3, 0.4) is 0 Å². The van der Waals surface area contributed by atoms with Crippen molar-refractivity contribution in [2.75, 3.05) is 20.3 Å². The largest absolute Gasteiger partial charge is 0.438 e. The molecular formula is C28H33F3N6O4. The van der Waals surface area contributed by atoms with Gasteiger partial charge in [-0.3, -0.25) is 9.48 Å². The summed E-state index contributed by atoms with van der Waals surface area (Å²) in [7, 11) is 1.43. The van der Waals surface area contributed by atoms with Crippen molar-refractivity contribution in [3.8, 4) is 0 Å². The smallest absolute Gasteiger partial charge is 0.410 e. The number of benzene rings is 1. The van der Waals surface area contributed by atoms with E-state index >= 15 is 0 Å². The molecule has 2 aliphatic carbocycles. The van der Waals surface area contributed by atoms with Crippen molar-refractivity contribution in [2.45, 2.75) is 63.5 Å². The van der Waals surface area contributed by atoms with Crippen LogP contribution in [0.5, 0.6) is 0 Å². The number of ether oxygens (including phenoxy) is 1. The molecule has 1 aliphatic heterocycles. The second-order valence-electron chi connectivity index (χ2n) is 11.2. The maximum Gasteiger partial charge on any atom is 0.410 e. The van der Waals surface area contributed by atoms with Crippen LogP contribution in [0, 0.1) is 17.8 Å². The van der Waals surface area contributed by atoms with Crippen LogP contribution in [0.25, 0.3) is 11.1 Å². The van der Waals surface area contributed by atoms with Gasteiger partial charge in [-0.15, -0.1) is 0 Å². The second kappa shape index (κ2) is 10.7. The molecule has 2 N–H and O–H groups in total. The molecular weight excluding hydrogens is 541 g/mol. The SMILES string of the molecule is CCn1nccc1C(=O)NC(c1nc2cc(C(COC)N3CC(C(F)(F)F)NC3=O)ccc2o1)C(C1CC1)C1CC1. The first-order chi connectivity index (χ1) is 19.7. The Morgan fingerprint density at radius 1 is 1.22 bits per heavy atom. The predicted octanol–water partition coefficient (Wildman–Crippen LogP) is 4.60. The number of carbonyl (C=O) groups is 2. The van der Waals surface area contributed by atoms with Gasteiger partial charge in [0.1, 0.15) is 23.3 Å².